The molecule has 5 rings (SSSR count). The van der Waals surface area contributed by atoms with Crippen molar-refractivity contribution in [1.29, 1.82) is 5.41 Å². The second-order valence-electron chi connectivity index (χ2n) is 15.6. The fourth-order valence-corrected chi connectivity index (χ4v) is 11.1. The van der Waals surface area contributed by atoms with E-state index >= 15 is 0 Å². The number of hydrogen-bond donors (Lipinski definition) is 1. The number of allylic oxidation sites excluding steroid dienone is 2. The van der Waals surface area contributed by atoms with Crippen LogP contribution < -0.4 is 0 Å². The van der Waals surface area contributed by atoms with Gasteiger partial charge in [-0.05, 0) is 91.3 Å². The van der Waals surface area contributed by atoms with Crippen LogP contribution in [0.5, 0.6) is 0 Å². The maximum atomic E-state index is 8.97. The summed E-state index contributed by atoms with van der Waals surface area (Å²) in [5, 5.41) is 9.15. The van der Waals surface area contributed by atoms with Crippen molar-refractivity contribution in [3.63, 3.8) is 0 Å². The van der Waals surface area contributed by atoms with Crippen molar-refractivity contribution in [3.05, 3.63) is 11.8 Å². The van der Waals surface area contributed by atoms with E-state index in [-0.39, 0.29) is 26.7 Å². The van der Waals surface area contributed by atoms with E-state index in [0.29, 0.717) is 17.8 Å². The molecule has 1 heterocycles. The van der Waals surface area contributed by atoms with Crippen molar-refractivity contribution < 1.29 is 13.9 Å². The second-order valence-corrected chi connectivity index (χ2v) is 20.4. The third kappa shape index (κ3) is 3.40. The maximum absolute atomic E-state index is 8.97. The van der Waals surface area contributed by atoms with Gasteiger partial charge in [-0.1, -0.05) is 48.5 Å². The Balaban J connectivity index is 1.49. The Morgan fingerprint density at radius 2 is 1.64 bits per heavy atom. The molecule has 1 spiro atoms. The largest absolute Gasteiger partial charge is 0.547 e. The minimum atomic E-state index is -1.91. The van der Waals surface area contributed by atoms with Gasteiger partial charge in [-0.2, -0.15) is 0 Å². The van der Waals surface area contributed by atoms with Crippen LogP contribution in [0, 0.1) is 44.8 Å². The molecule has 4 aliphatic carbocycles. The fraction of sp³-hybridized carbons (Fsp3) is 0.903. The monoisotopic (exact) mass is 515 g/mol. The highest BCUT2D eigenvalue weighted by atomic mass is 28.4. The average Bonchev–Trinajstić information content (AvgIpc) is 3.27. The molecule has 0 aromatic heterocycles. The summed E-state index contributed by atoms with van der Waals surface area (Å²) in [6, 6.07) is 0. The third-order valence-electron chi connectivity index (χ3n) is 13.1. The van der Waals surface area contributed by atoms with Crippen LogP contribution in [0.1, 0.15) is 99.8 Å². The van der Waals surface area contributed by atoms with Gasteiger partial charge in [0.15, 0.2) is 5.79 Å². The first-order valence-corrected chi connectivity index (χ1v) is 17.7. The summed E-state index contributed by atoms with van der Waals surface area (Å²) in [5.41, 5.74) is 0.266. The molecule has 6 atom stereocenters. The van der Waals surface area contributed by atoms with Gasteiger partial charge in [0, 0.05) is 29.9 Å². The van der Waals surface area contributed by atoms with Crippen LogP contribution in [0.25, 0.3) is 0 Å². The Labute approximate surface area is 221 Å². The summed E-state index contributed by atoms with van der Waals surface area (Å²) < 4.78 is 19.7. The quantitative estimate of drug-likeness (QED) is 0.303. The van der Waals surface area contributed by atoms with Gasteiger partial charge in [-0.3, -0.25) is 0 Å². The van der Waals surface area contributed by atoms with E-state index in [1.165, 1.54) is 37.9 Å². The van der Waals surface area contributed by atoms with Crippen molar-refractivity contribution in [2.75, 3.05) is 13.2 Å². The van der Waals surface area contributed by atoms with Gasteiger partial charge >= 0.3 is 0 Å². The van der Waals surface area contributed by atoms with Crippen molar-refractivity contribution >= 4 is 14.5 Å². The Morgan fingerprint density at radius 1 is 0.972 bits per heavy atom. The molecule has 0 unspecified atom stereocenters. The summed E-state index contributed by atoms with van der Waals surface area (Å²) >= 11 is 0. The minimum absolute atomic E-state index is 0.00437. The van der Waals surface area contributed by atoms with Crippen molar-refractivity contribution in [3.8, 4) is 0 Å². The number of rotatable bonds is 3. The molecule has 0 aromatic rings. The molecule has 1 N–H and O–H groups in total. The SMILES string of the molecule is CC1(C)[C@@H]2CC[C@]3(C)[C@H](CC[C@@H]4CC=C(O[Si](C)(C)C(C)(C)C)C[C@]43C=N)[C@@]2(C)CCC12OCCO2. The molecule has 0 aromatic carbocycles. The van der Waals surface area contributed by atoms with Gasteiger partial charge < -0.3 is 19.3 Å². The lowest BCUT2D eigenvalue weighted by molar-refractivity contribution is -0.310. The van der Waals surface area contributed by atoms with Gasteiger partial charge in [0.1, 0.15) is 0 Å². The summed E-state index contributed by atoms with van der Waals surface area (Å²) in [5.74, 6) is 2.54. The zero-order valence-corrected chi connectivity index (χ0v) is 25.7. The van der Waals surface area contributed by atoms with E-state index < -0.39 is 14.1 Å². The first-order chi connectivity index (χ1) is 16.6. The molecular weight excluding hydrogens is 462 g/mol. The second kappa shape index (κ2) is 8.18. The zero-order valence-electron chi connectivity index (χ0n) is 24.7. The van der Waals surface area contributed by atoms with Crippen LogP contribution in [0.15, 0.2) is 11.8 Å². The lowest BCUT2D eigenvalue weighted by atomic mass is 9.34. The molecule has 204 valence electrons. The summed E-state index contributed by atoms with van der Waals surface area (Å²) in [7, 11) is -1.91. The normalized spacial score (nSPS) is 43.7. The predicted molar refractivity (Wildman–Crippen MR) is 150 cm³/mol. The highest BCUT2D eigenvalue weighted by molar-refractivity contribution is 6.74. The van der Waals surface area contributed by atoms with Crippen LogP contribution in [-0.4, -0.2) is 33.5 Å². The molecule has 5 aliphatic rings. The lowest BCUT2D eigenvalue weighted by Crippen LogP contribution is -2.68. The van der Waals surface area contributed by atoms with Crippen LogP contribution in [0.3, 0.4) is 0 Å². The molecule has 36 heavy (non-hydrogen) atoms. The van der Waals surface area contributed by atoms with Gasteiger partial charge in [0.05, 0.1) is 19.0 Å². The van der Waals surface area contributed by atoms with E-state index in [1.807, 2.05) is 6.21 Å². The smallest absolute Gasteiger partial charge is 0.250 e. The predicted octanol–water partition coefficient (Wildman–Crippen LogP) is 8.33. The van der Waals surface area contributed by atoms with Crippen molar-refractivity contribution in [2.24, 2.45) is 39.4 Å². The molecule has 1 aliphatic heterocycles. The van der Waals surface area contributed by atoms with Crippen LogP contribution in [0.4, 0.5) is 0 Å². The van der Waals surface area contributed by atoms with E-state index in [4.69, 9.17) is 19.3 Å². The molecule has 4 nitrogen and oxygen atoms in total. The van der Waals surface area contributed by atoms with Gasteiger partial charge in [-0.15, -0.1) is 0 Å². The average molecular weight is 516 g/mol. The molecule has 4 fully saturated rings. The molecule has 0 radical (unpaired) electrons. The maximum Gasteiger partial charge on any atom is 0.250 e. The molecule has 1 saturated heterocycles. The lowest BCUT2D eigenvalue weighted by Gasteiger charge is -2.71. The molecule has 0 amide bonds. The topological polar surface area (TPSA) is 51.5 Å². The van der Waals surface area contributed by atoms with Gasteiger partial charge in [0.25, 0.3) is 0 Å². The number of hydrogen-bond acceptors (Lipinski definition) is 4. The fourth-order valence-electron chi connectivity index (χ4n) is 9.94. The highest BCUT2D eigenvalue weighted by Gasteiger charge is 2.71. The first-order valence-electron chi connectivity index (χ1n) is 14.8. The highest BCUT2D eigenvalue weighted by Crippen LogP contribution is 2.75. The van der Waals surface area contributed by atoms with E-state index in [0.717, 1.165) is 32.5 Å². The Kier molecular flexibility index (Phi) is 6.12. The first kappa shape index (κ1) is 26.9. The van der Waals surface area contributed by atoms with E-state index in [1.54, 1.807) is 0 Å². The Hall–Kier alpha value is -0.653. The van der Waals surface area contributed by atoms with E-state index in [2.05, 4.69) is 67.6 Å². The van der Waals surface area contributed by atoms with E-state index in [9.17, 15) is 0 Å². The Bertz CT molecular complexity index is 929. The number of ether oxygens (including phenoxy) is 2. The Morgan fingerprint density at radius 3 is 2.25 bits per heavy atom. The van der Waals surface area contributed by atoms with Crippen molar-refractivity contribution in [1.82, 2.24) is 0 Å². The summed E-state index contributed by atoms with van der Waals surface area (Å²) in [6.45, 7) is 23.2. The third-order valence-corrected chi connectivity index (χ3v) is 17.4. The minimum Gasteiger partial charge on any atom is -0.547 e. The molecule has 5 heteroatoms. The number of fused-ring (bicyclic) bond motifs is 5. The zero-order chi connectivity index (χ0) is 26.4. The van der Waals surface area contributed by atoms with Gasteiger partial charge in [-0.25, -0.2) is 0 Å². The number of nitrogens with one attached hydrogen (secondary N) is 1. The molecule has 3 saturated carbocycles. The van der Waals surface area contributed by atoms with Crippen LogP contribution >= 0.6 is 0 Å². The standard InChI is InChI=1S/C31H53NO3Si/c1-26(2,3)36(8,9)35-23-12-10-22-11-13-25-28(6)16-17-31(33-18-19-34-31)27(4,5)24(28)14-15-29(25,7)30(22,20-23)21-32/h12,21-22,24-25,32H,10-11,13-20H2,1-9H3/t22-,24-,25+,28-,29+,30-/m0/s1. The molecular formula is C31H53NO3Si. The summed E-state index contributed by atoms with van der Waals surface area (Å²) in [4.78, 5) is 0. The van der Waals surface area contributed by atoms with Gasteiger partial charge in [0.2, 0.25) is 8.32 Å². The van der Waals surface area contributed by atoms with Crippen LogP contribution in [-0.2, 0) is 13.9 Å². The summed E-state index contributed by atoms with van der Waals surface area (Å²) in [6.07, 6.45) is 13.4. The molecule has 0 bridgehead atoms. The van der Waals surface area contributed by atoms with Crippen LogP contribution in [0.2, 0.25) is 18.1 Å². The van der Waals surface area contributed by atoms with Crippen molar-refractivity contribution in [2.45, 2.75) is 124 Å².